The van der Waals surface area contributed by atoms with Gasteiger partial charge in [-0.3, -0.25) is 0 Å². The zero-order valence-corrected chi connectivity index (χ0v) is 7.30. The zero-order valence-electron chi connectivity index (χ0n) is 6.54. The van der Waals surface area contributed by atoms with Gasteiger partial charge in [0.05, 0.1) is 7.11 Å². The number of carboxylic acids is 1. The summed E-state index contributed by atoms with van der Waals surface area (Å²) in [4.78, 5) is 13.7. The van der Waals surface area contributed by atoms with Gasteiger partial charge in [0, 0.05) is 6.20 Å². The van der Waals surface area contributed by atoms with E-state index in [2.05, 4.69) is 9.72 Å². The van der Waals surface area contributed by atoms with Gasteiger partial charge < -0.3 is 9.84 Å². The molecule has 1 aromatic heterocycles. The number of hydrogen-bond acceptors (Lipinski definition) is 3. The van der Waals surface area contributed by atoms with E-state index in [4.69, 9.17) is 16.7 Å². The molecule has 13 heavy (non-hydrogen) atoms. The smallest absolute Gasteiger partial charge is 0.338 e. The Labute approximate surface area is 77.9 Å². The Bertz CT molecular complexity index is 356. The van der Waals surface area contributed by atoms with E-state index in [9.17, 15) is 9.18 Å². The second-order valence-corrected chi connectivity index (χ2v) is 2.49. The molecule has 0 amide bonds. The largest absolute Gasteiger partial charge is 0.491 e. The standard InChI is InChI=1S/C7H5ClFNO3/c1-13-5-4(8)3(7(11)12)2-10-6(5)9/h2H,1H3,(H,11,12). The molecule has 0 saturated carbocycles. The SMILES string of the molecule is COc1c(F)ncc(C(=O)O)c1Cl. The van der Waals surface area contributed by atoms with Crippen LogP contribution in [0.1, 0.15) is 10.4 Å². The fraction of sp³-hybridized carbons (Fsp3) is 0.143. The van der Waals surface area contributed by atoms with Crippen molar-refractivity contribution in [3.8, 4) is 5.75 Å². The second kappa shape index (κ2) is 3.57. The molecule has 4 nitrogen and oxygen atoms in total. The first-order valence-corrected chi connectivity index (χ1v) is 3.57. The van der Waals surface area contributed by atoms with Gasteiger partial charge in [0.2, 0.25) is 0 Å². The Morgan fingerprint density at radius 1 is 1.77 bits per heavy atom. The van der Waals surface area contributed by atoms with Crippen LogP contribution in [-0.4, -0.2) is 23.2 Å². The highest BCUT2D eigenvalue weighted by atomic mass is 35.5. The van der Waals surface area contributed by atoms with Crippen molar-refractivity contribution in [2.75, 3.05) is 7.11 Å². The Morgan fingerprint density at radius 2 is 2.38 bits per heavy atom. The average Bonchev–Trinajstić information content (AvgIpc) is 2.04. The number of pyridine rings is 1. The maximum absolute atomic E-state index is 12.8. The molecule has 0 atom stereocenters. The van der Waals surface area contributed by atoms with Gasteiger partial charge in [0.1, 0.15) is 10.6 Å². The molecule has 0 unspecified atom stereocenters. The quantitative estimate of drug-likeness (QED) is 0.745. The Morgan fingerprint density at radius 3 is 2.85 bits per heavy atom. The van der Waals surface area contributed by atoms with Gasteiger partial charge in [0.15, 0.2) is 5.75 Å². The number of halogens is 2. The average molecular weight is 206 g/mol. The van der Waals surface area contributed by atoms with Crippen molar-refractivity contribution in [2.24, 2.45) is 0 Å². The molecule has 0 fully saturated rings. The van der Waals surface area contributed by atoms with Crippen LogP contribution in [0.15, 0.2) is 6.20 Å². The Kier molecular flexibility index (Phi) is 2.67. The predicted octanol–water partition coefficient (Wildman–Crippen LogP) is 1.58. The van der Waals surface area contributed by atoms with E-state index in [-0.39, 0.29) is 16.3 Å². The van der Waals surface area contributed by atoms with Crippen LogP contribution in [0.5, 0.6) is 5.75 Å². The van der Waals surface area contributed by atoms with Gasteiger partial charge in [-0.25, -0.2) is 9.78 Å². The van der Waals surface area contributed by atoms with Crippen LogP contribution >= 0.6 is 11.6 Å². The van der Waals surface area contributed by atoms with Crippen molar-refractivity contribution in [3.63, 3.8) is 0 Å². The van der Waals surface area contributed by atoms with E-state index in [1.165, 1.54) is 7.11 Å². The van der Waals surface area contributed by atoms with Crippen molar-refractivity contribution in [2.45, 2.75) is 0 Å². The van der Waals surface area contributed by atoms with Gasteiger partial charge >= 0.3 is 5.97 Å². The van der Waals surface area contributed by atoms with E-state index >= 15 is 0 Å². The van der Waals surface area contributed by atoms with Crippen molar-refractivity contribution in [3.05, 3.63) is 22.7 Å². The number of ether oxygens (including phenoxy) is 1. The molecule has 1 heterocycles. The van der Waals surface area contributed by atoms with E-state index in [1.807, 2.05) is 0 Å². The molecule has 0 saturated heterocycles. The predicted molar refractivity (Wildman–Crippen MR) is 42.7 cm³/mol. The molecule has 0 aliphatic carbocycles. The lowest BCUT2D eigenvalue weighted by atomic mass is 10.3. The molecule has 0 radical (unpaired) electrons. The fourth-order valence-electron chi connectivity index (χ4n) is 0.772. The van der Waals surface area contributed by atoms with E-state index in [1.54, 1.807) is 0 Å². The number of methoxy groups -OCH3 is 1. The first-order valence-electron chi connectivity index (χ1n) is 3.19. The molecule has 1 rings (SSSR count). The minimum Gasteiger partial charge on any atom is -0.491 e. The van der Waals surface area contributed by atoms with Crippen LogP contribution in [0, 0.1) is 5.95 Å². The maximum atomic E-state index is 12.8. The van der Waals surface area contributed by atoms with Crippen molar-refractivity contribution < 1.29 is 19.0 Å². The lowest BCUT2D eigenvalue weighted by Gasteiger charge is -2.04. The number of aromatic carboxylic acids is 1. The third-order valence-electron chi connectivity index (χ3n) is 1.36. The van der Waals surface area contributed by atoms with E-state index < -0.39 is 11.9 Å². The molecule has 0 aromatic carbocycles. The number of carbonyl (C=O) groups is 1. The first-order chi connectivity index (χ1) is 6.07. The highest BCUT2D eigenvalue weighted by molar-refractivity contribution is 6.34. The summed E-state index contributed by atoms with van der Waals surface area (Å²) in [7, 11) is 1.18. The van der Waals surface area contributed by atoms with E-state index in [0.29, 0.717) is 0 Å². The summed E-state index contributed by atoms with van der Waals surface area (Å²) in [6.45, 7) is 0. The van der Waals surface area contributed by atoms with Crippen molar-refractivity contribution >= 4 is 17.6 Å². The van der Waals surface area contributed by atoms with Gasteiger partial charge in [0.25, 0.3) is 5.95 Å². The zero-order chi connectivity index (χ0) is 10.0. The first kappa shape index (κ1) is 9.73. The number of hydrogen-bond donors (Lipinski definition) is 1. The molecule has 1 aromatic rings. The van der Waals surface area contributed by atoms with Crippen LogP contribution < -0.4 is 4.74 Å². The van der Waals surface area contributed by atoms with Gasteiger partial charge in [-0.2, -0.15) is 4.39 Å². The van der Waals surface area contributed by atoms with Crippen molar-refractivity contribution in [1.29, 1.82) is 0 Å². The number of carboxylic acid groups (broad SMARTS) is 1. The molecule has 70 valence electrons. The van der Waals surface area contributed by atoms with Crippen LogP contribution in [0.3, 0.4) is 0 Å². The summed E-state index contributed by atoms with van der Waals surface area (Å²) < 4.78 is 17.3. The molecule has 0 spiro atoms. The minimum absolute atomic E-state index is 0.289. The lowest BCUT2D eigenvalue weighted by molar-refractivity contribution is 0.0696. The topological polar surface area (TPSA) is 59.4 Å². The molecule has 1 N–H and O–H groups in total. The van der Waals surface area contributed by atoms with Crippen LogP contribution in [0.2, 0.25) is 5.02 Å². The van der Waals surface area contributed by atoms with E-state index in [0.717, 1.165) is 6.20 Å². The van der Waals surface area contributed by atoms with Crippen molar-refractivity contribution in [1.82, 2.24) is 4.98 Å². The van der Waals surface area contributed by atoms with Crippen LogP contribution in [-0.2, 0) is 0 Å². The summed E-state index contributed by atoms with van der Waals surface area (Å²) in [5, 5.41) is 8.28. The summed E-state index contributed by atoms with van der Waals surface area (Å²) in [5.74, 6) is -2.57. The third kappa shape index (κ3) is 1.70. The number of aromatic nitrogens is 1. The van der Waals surface area contributed by atoms with Gasteiger partial charge in [-0.1, -0.05) is 11.6 Å². The van der Waals surface area contributed by atoms with Crippen LogP contribution in [0.4, 0.5) is 4.39 Å². The summed E-state index contributed by atoms with van der Waals surface area (Å²) >= 11 is 5.52. The normalized spacial score (nSPS) is 9.77. The van der Waals surface area contributed by atoms with Gasteiger partial charge in [-0.15, -0.1) is 0 Å². The minimum atomic E-state index is -1.28. The second-order valence-electron chi connectivity index (χ2n) is 2.12. The molecule has 0 bridgehead atoms. The Hall–Kier alpha value is -1.36. The maximum Gasteiger partial charge on any atom is 0.338 e. The summed E-state index contributed by atoms with van der Waals surface area (Å²) in [6.07, 6.45) is 0.836. The molecule has 0 aliphatic rings. The Balaban J connectivity index is 3.35. The molecular formula is C7H5ClFNO3. The van der Waals surface area contributed by atoms with Crippen LogP contribution in [0.25, 0.3) is 0 Å². The fourth-order valence-corrected chi connectivity index (χ4v) is 1.06. The lowest BCUT2D eigenvalue weighted by Crippen LogP contribution is -2.02. The number of nitrogens with zero attached hydrogens (tertiary/aromatic N) is 1. The van der Waals surface area contributed by atoms with Gasteiger partial charge in [-0.05, 0) is 0 Å². The molecule has 0 aliphatic heterocycles. The number of rotatable bonds is 2. The molecule has 6 heteroatoms. The highest BCUT2D eigenvalue weighted by Gasteiger charge is 2.17. The molecular weight excluding hydrogens is 201 g/mol. The third-order valence-corrected chi connectivity index (χ3v) is 1.74. The highest BCUT2D eigenvalue weighted by Crippen LogP contribution is 2.29. The summed E-state index contributed by atoms with van der Waals surface area (Å²) in [5.41, 5.74) is -0.292. The summed E-state index contributed by atoms with van der Waals surface area (Å²) in [6, 6.07) is 0. The monoisotopic (exact) mass is 205 g/mol.